The molecule has 4 heteroatoms. The normalized spacial score (nSPS) is 12.2. The number of hydrogen-bond acceptors (Lipinski definition) is 3. The molecule has 0 saturated heterocycles. The topological polar surface area (TPSA) is 68.0 Å². The molecule has 0 spiro atoms. The highest BCUT2D eigenvalue weighted by Gasteiger charge is 2.07. The molecule has 3 N–H and O–H groups in total. The largest absolute Gasteiger partial charge is 0.330 e. The lowest BCUT2D eigenvalue weighted by Gasteiger charge is -2.10. The molecule has 0 aliphatic rings. The van der Waals surface area contributed by atoms with Crippen LogP contribution in [0.5, 0.6) is 0 Å². The van der Waals surface area contributed by atoms with Gasteiger partial charge in [-0.05, 0) is 44.4 Å². The third-order valence-electron chi connectivity index (χ3n) is 2.80. The molecule has 1 rings (SSSR count). The first-order chi connectivity index (χ1) is 8.13. The van der Waals surface area contributed by atoms with Crippen LogP contribution in [0, 0.1) is 12.8 Å². The summed E-state index contributed by atoms with van der Waals surface area (Å²) in [5.41, 5.74) is 7.11. The summed E-state index contributed by atoms with van der Waals surface area (Å²) in [6.45, 7) is 4.69. The number of rotatable bonds is 6. The zero-order chi connectivity index (χ0) is 12.7. The summed E-state index contributed by atoms with van der Waals surface area (Å²) in [6.07, 6.45) is 4.10. The first-order valence-corrected chi connectivity index (χ1v) is 6.05. The van der Waals surface area contributed by atoms with Crippen molar-refractivity contribution in [1.82, 2.24) is 4.98 Å². The van der Waals surface area contributed by atoms with Crippen molar-refractivity contribution in [2.24, 2.45) is 11.7 Å². The molecule has 1 aromatic rings. The van der Waals surface area contributed by atoms with Crippen LogP contribution in [-0.4, -0.2) is 17.4 Å². The molecule has 1 unspecified atom stereocenters. The third-order valence-corrected chi connectivity index (χ3v) is 2.80. The molecular weight excluding hydrogens is 214 g/mol. The molecule has 94 valence electrons. The highest BCUT2D eigenvalue weighted by atomic mass is 16.1. The Kier molecular flexibility index (Phi) is 5.63. The fourth-order valence-corrected chi connectivity index (χ4v) is 1.64. The summed E-state index contributed by atoms with van der Waals surface area (Å²) in [4.78, 5) is 15.8. The van der Waals surface area contributed by atoms with Crippen molar-refractivity contribution in [3.63, 3.8) is 0 Å². The Balaban J connectivity index is 2.37. The van der Waals surface area contributed by atoms with Crippen LogP contribution >= 0.6 is 0 Å². The van der Waals surface area contributed by atoms with E-state index in [-0.39, 0.29) is 5.91 Å². The van der Waals surface area contributed by atoms with Crippen LogP contribution in [0.1, 0.15) is 31.9 Å². The van der Waals surface area contributed by atoms with E-state index in [1.807, 2.05) is 19.1 Å². The third kappa shape index (κ3) is 4.95. The molecule has 0 aromatic carbocycles. The van der Waals surface area contributed by atoms with Gasteiger partial charge in [0.05, 0.1) is 11.4 Å². The molecule has 1 heterocycles. The molecule has 0 aliphatic heterocycles. The predicted octanol–water partition coefficient (Wildman–Crippen LogP) is 2.09. The summed E-state index contributed by atoms with van der Waals surface area (Å²) in [6, 6.07) is 3.68. The van der Waals surface area contributed by atoms with Gasteiger partial charge in [0.25, 0.3) is 0 Å². The number of anilines is 1. The van der Waals surface area contributed by atoms with Crippen LogP contribution in [-0.2, 0) is 4.79 Å². The van der Waals surface area contributed by atoms with E-state index in [1.165, 1.54) is 0 Å². The van der Waals surface area contributed by atoms with Crippen LogP contribution in [0.15, 0.2) is 18.3 Å². The minimum Gasteiger partial charge on any atom is -0.330 e. The SMILES string of the molecule is Cc1ncccc1NC(=O)CCC(C)CCN. The summed E-state index contributed by atoms with van der Waals surface area (Å²) in [7, 11) is 0. The van der Waals surface area contributed by atoms with E-state index in [4.69, 9.17) is 5.73 Å². The highest BCUT2D eigenvalue weighted by Crippen LogP contribution is 2.13. The fraction of sp³-hybridized carbons (Fsp3) is 0.538. The molecule has 17 heavy (non-hydrogen) atoms. The molecule has 0 radical (unpaired) electrons. The van der Waals surface area contributed by atoms with Gasteiger partial charge in [-0.1, -0.05) is 6.92 Å². The average molecular weight is 235 g/mol. The molecule has 0 saturated carbocycles. The molecule has 0 fully saturated rings. The summed E-state index contributed by atoms with van der Waals surface area (Å²) < 4.78 is 0. The molecule has 0 aliphatic carbocycles. The van der Waals surface area contributed by atoms with Crippen molar-refractivity contribution >= 4 is 11.6 Å². The molecule has 4 nitrogen and oxygen atoms in total. The number of hydrogen-bond donors (Lipinski definition) is 2. The van der Waals surface area contributed by atoms with Gasteiger partial charge in [-0.3, -0.25) is 9.78 Å². The summed E-state index contributed by atoms with van der Waals surface area (Å²) in [5.74, 6) is 0.547. The van der Waals surface area contributed by atoms with Gasteiger partial charge in [-0.15, -0.1) is 0 Å². The number of aryl methyl sites for hydroxylation is 1. The Hall–Kier alpha value is -1.42. The monoisotopic (exact) mass is 235 g/mol. The van der Waals surface area contributed by atoms with Crippen molar-refractivity contribution in [3.8, 4) is 0 Å². The Morgan fingerprint density at radius 2 is 2.29 bits per heavy atom. The van der Waals surface area contributed by atoms with Crippen molar-refractivity contribution < 1.29 is 4.79 Å². The number of carbonyl (C=O) groups is 1. The quantitative estimate of drug-likeness (QED) is 0.793. The minimum absolute atomic E-state index is 0.0463. The Labute approximate surface area is 103 Å². The lowest BCUT2D eigenvalue weighted by atomic mass is 10.0. The van der Waals surface area contributed by atoms with E-state index < -0.39 is 0 Å². The van der Waals surface area contributed by atoms with E-state index in [1.54, 1.807) is 6.20 Å². The van der Waals surface area contributed by atoms with E-state index in [0.717, 1.165) is 24.2 Å². The number of nitrogens with zero attached hydrogens (tertiary/aromatic N) is 1. The zero-order valence-corrected chi connectivity index (χ0v) is 10.6. The second-order valence-electron chi connectivity index (χ2n) is 4.41. The van der Waals surface area contributed by atoms with Gasteiger partial charge in [-0.25, -0.2) is 0 Å². The van der Waals surface area contributed by atoms with E-state index in [2.05, 4.69) is 17.2 Å². The summed E-state index contributed by atoms with van der Waals surface area (Å²) >= 11 is 0. The van der Waals surface area contributed by atoms with Crippen LogP contribution < -0.4 is 11.1 Å². The van der Waals surface area contributed by atoms with Crippen molar-refractivity contribution in [1.29, 1.82) is 0 Å². The zero-order valence-electron chi connectivity index (χ0n) is 10.6. The fourth-order valence-electron chi connectivity index (χ4n) is 1.64. The first kappa shape index (κ1) is 13.6. The predicted molar refractivity (Wildman–Crippen MR) is 69.7 cm³/mol. The van der Waals surface area contributed by atoms with Crippen LogP contribution in [0.25, 0.3) is 0 Å². The van der Waals surface area contributed by atoms with E-state index >= 15 is 0 Å². The second kappa shape index (κ2) is 7.01. The number of pyridine rings is 1. The van der Waals surface area contributed by atoms with Crippen LogP contribution in [0.2, 0.25) is 0 Å². The Bertz CT molecular complexity index is 365. The van der Waals surface area contributed by atoms with Gasteiger partial charge >= 0.3 is 0 Å². The van der Waals surface area contributed by atoms with Gasteiger partial charge in [0.2, 0.25) is 5.91 Å². The molecular formula is C13H21N3O. The minimum atomic E-state index is 0.0463. The maximum atomic E-state index is 11.7. The van der Waals surface area contributed by atoms with E-state index in [0.29, 0.717) is 18.9 Å². The van der Waals surface area contributed by atoms with Gasteiger partial charge in [0.1, 0.15) is 0 Å². The van der Waals surface area contributed by atoms with Gasteiger partial charge in [0, 0.05) is 12.6 Å². The molecule has 1 aromatic heterocycles. The Morgan fingerprint density at radius 3 is 2.94 bits per heavy atom. The number of aromatic nitrogens is 1. The van der Waals surface area contributed by atoms with Gasteiger partial charge in [0.15, 0.2) is 0 Å². The van der Waals surface area contributed by atoms with Crippen LogP contribution in [0.3, 0.4) is 0 Å². The maximum absolute atomic E-state index is 11.7. The lowest BCUT2D eigenvalue weighted by Crippen LogP contribution is -2.14. The van der Waals surface area contributed by atoms with Crippen LogP contribution in [0.4, 0.5) is 5.69 Å². The first-order valence-electron chi connectivity index (χ1n) is 6.05. The van der Waals surface area contributed by atoms with Crippen molar-refractivity contribution in [2.45, 2.75) is 33.1 Å². The average Bonchev–Trinajstić information content (AvgIpc) is 2.30. The van der Waals surface area contributed by atoms with Gasteiger partial charge < -0.3 is 11.1 Å². The second-order valence-corrected chi connectivity index (χ2v) is 4.41. The van der Waals surface area contributed by atoms with Gasteiger partial charge in [-0.2, -0.15) is 0 Å². The van der Waals surface area contributed by atoms with Crippen molar-refractivity contribution in [3.05, 3.63) is 24.0 Å². The van der Waals surface area contributed by atoms with E-state index in [9.17, 15) is 4.79 Å². The number of amides is 1. The summed E-state index contributed by atoms with van der Waals surface area (Å²) in [5, 5.41) is 2.87. The number of carbonyl (C=O) groups excluding carboxylic acids is 1. The Morgan fingerprint density at radius 1 is 1.53 bits per heavy atom. The molecule has 1 atom stereocenters. The number of nitrogens with one attached hydrogen (secondary N) is 1. The maximum Gasteiger partial charge on any atom is 0.224 e. The molecule has 1 amide bonds. The molecule has 0 bridgehead atoms. The number of nitrogens with two attached hydrogens (primary N) is 1. The highest BCUT2D eigenvalue weighted by molar-refractivity contribution is 5.91. The smallest absolute Gasteiger partial charge is 0.224 e. The lowest BCUT2D eigenvalue weighted by molar-refractivity contribution is -0.116. The standard InChI is InChI=1S/C13H21N3O/c1-10(7-8-14)5-6-13(17)16-12-4-3-9-15-11(12)2/h3-4,9-10H,5-8,14H2,1-2H3,(H,16,17). The van der Waals surface area contributed by atoms with Crippen molar-refractivity contribution in [2.75, 3.05) is 11.9 Å².